The third kappa shape index (κ3) is 4.24. The lowest BCUT2D eigenvalue weighted by Gasteiger charge is -2.19. The number of primary amides is 1. The zero-order chi connectivity index (χ0) is 24.2. The van der Waals surface area contributed by atoms with E-state index in [-0.39, 0.29) is 5.82 Å². The van der Waals surface area contributed by atoms with Gasteiger partial charge in [-0.2, -0.15) is 5.26 Å². The predicted molar refractivity (Wildman–Crippen MR) is 129 cm³/mol. The van der Waals surface area contributed by atoms with Crippen molar-refractivity contribution in [2.45, 2.75) is 19.4 Å². The fourth-order valence-corrected chi connectivity index (χ4v) is 3.84. The minimum absolute atomic E-state index is 0.297. The summed E-state index contributed by atoms with van der Waals surface area (Å²) in [7, 11) is 1.49. The molecule has 0 aliphatic rings. The van der Waals surface area contributed by atoms with Gasteiger partial charge in [-0.1, -0.05) is 31.2 Å². The van der Waals surface area contributed by atoms with Gasteiger partial charge in [0.25, 0.3) is 0 Å². The third-order valence-electron chi connectivity index (χ3n) is 5.60. The van der Waals surface area contributed by atoms with Crippen LogP contribution in [0.25, 0.3) is 33.3 Å². The first kappa shape index (κ1) is 22.7. The molecule has 1 atom stereocenters. The summed E-state index contributed by atoms with van der Waals surface area (Å²) in [6.45, 7) is 1.84. The number of hydrogen-bond donors (Lipinski definition) is 2. The normalized spacial score (nSPS) is 11.6. The van der Waals surface area contributed by atoms with Gasteiger partial charge in [-0.3, -0.25) is 9.78 Å². The molecule has 3 N–H and O–H groups in total. The molecule has 2 heterocycles. The second-order valence-electron chi connectivity index (χ2n) is 7.64. The Kier molecular flexibility index (Phi) is 6.37. The molecule has 170 valence electrons. The molecule has 0 fully saturated rings. The maximum absolute atomic E-state index is 13.6. The summed E-state index contributed by atoms with van der Waals surface area (Å²) in [5.41, 5.74) is 9.59. The number of fused-ring (bicyclic) bond motifs is 1. The number of hydrogen-bond acceptors (Lipinski definition) is 6. The Hall–Kier alpha value is -4.51. The molecular formula is C26H22FN5O2. The number of aromatic nitrogens is 2. The first-order valence-electron chi connectivity index (χ1n) is 10.6. The molecular weight excluding hydrogens is 433 g/mol. The van der Waals surface area contributed by atoms with Crippen LogP contribution in [0.15, 0.2) is 60.9 Å². The number of carbonyl (C=O) groups is 1. The molecule has 0 radical (unpaired) electrons. The Morgan fingerprint density at radius 1 is 1.21 bits per heavy atom. The van der Waals surface area contributed by atoms with E-state index in [1.807, 2.05) is 31.2 Å². The molecule has 0 aliphatic heterocycles. The van der Waals surface area contributed by atoms with E-state index in [9.17, 15) is 14.4 Å². The van der Waals surface area contributed by atoms with E-state index < -0.39 is 11.9 Å². The molecule has 0 saturated heterocycles. The second-order valence-corrected chi connectivity index (χ2v) is 7.64. The van der Waals surface area contributed by atoms with Crippen molar-refractivity contribution >= 4 is 22.5 Å². The molecule has 4 rings (SSSR count). The number of carbonyl (C=O) groups excluding carboxylic acids is 1. The lowest BCUT2D eigenvalue weighted by atomic mass is 9.98. The van der Waals surface area contributed by atoms with E-state index in [4.69, 9.17) is 10.5 Å². The first-order valence-corrected chi connectivity index (χ1v) is 10.6. The quantitative estimate of drug-likeness (QED) is 0.419. The van der Waals surface area contributed by atoms with E-state index in [1.54, 1.807) is 24.5 Å². The lowest BCUT2D eigenvalue weighted by Crippen LogP contribution is -2.35. The Morgan fingerprint density at radius 3 is 2.59 bits per heavy atom. The van der Waals surface area contributed by atoms with E-state index in [1.165, 1.54) is 19.2 Å². The Morgan fingerprint density at radius 2 is 1.94 bits per heavy atom. The van der Waals surface area contributed by atoms with Crippen LogP contribution in [0.2, 0.25) is 0 Å². The van der Waals surface area contributed by atoms with Gasteiger partial charge in [-0.05, 0) is 30.2 Å². The van der Waals surface area contributed by atoms with Gasteiger partial charge in [0.15, 0.2) is 0 Å². The molecule has 7 nitrogen and oxygen atoms in total. The van der Waals surface area contributed by atoms with Crippen LogP contribution >= 0.6 is 0 Å². The highest BCUT2D eigenvalue weighted by Crippen LogP contribution is 2.36. The van der Waals surface area contributed by atoms with Crippen LogP contribution in [0.5, 0.6) is 5.75 Å². The van der Waals surface area contributed by atoms with Crippen molar-refractivity contribution in [3.63, 3.8) is 0 Å². The van der Waals surface area contributed by atoms with Crippen LogP contribution in [-0.2, 0) is 4.79 Å². The summed E-state index contributed by atoms with van der Waals surface area (Å²) in [6.07, 6.45) is 3.67. The van der Waals surface area contributed by atoms with Crippen molar-refractivity contribution in [1.29, 1.82) is 5.26 Å². The van der Waals surface area contributed by atoms with Gasteiger partial charge in [0.1, 0.15) is 29.2 Å². The van der Waals surface area contributed by atoms with Crippen LogP contribution in [0.4, 0.5) is 10.1 Å². The molecule has 8 heteroatoms. The lowest BCUT2D eigenvalue weighted by molar-refractivity contribution is -0.118. The van der Waals surface area contributed by atoms with Gasteiger partial charge < -0.3 is 15.8 Å². The number of pyridine rings is 2. The Bertz CT molecular complexity index is 1410. The molecule has 1 amide bonds. The van der Waals surface area contributed by atoms with Gasteiger partial charge in [0, 0.05) is 28.8 Å². The average molecular weight is 455 g/mol. The molecule has 2 aromatic carbocycles. The van der Waals surface area contributed by atoms with Crippen molar-refractivity contribution in [1.82, 2.24) is 9.97 Å². The summed E-state index contributed by atoms with van der Waals surface area (Å²) >= 11 is 0. The van der Waals surface area contributed by atoms with Crippen molar-refractivity contribution in [3.05, 3.63) is 72.3 Å². The average Bonchev–Trinajstić information content (AvgIpc) is 2.86. The zero-order valence-electron chi connectivity index (χ0n) is 18.7. The maximum Gasteiger partial charge on any atom is 0.239 e. The van der Waals surface area contributed by atoms with Gasteiger partial charge >= 0.3 is 0 Å². The number of benzene rings is 2. The SMILES string of the molecule is CC[C@@H](Nc1c(C#N)c(-c2ccc(-c3ccc(F)cc3OC)cc2)nc2cnccc12)C(N)=O. The highest BCUT2D eigenvalue weighted by molar-refractivity contribution is 5.99. The monoisotopic (exact) mass is 455 g/mol. The van der Waals surface area contributed by atoms with Crippen LogP contribution in [0, 0.1) is 17.1 Å². The Balaban J connectivity index is 1.85. The van der Waals surface area contributed by atoms with Crippen molar-refractivity contribution in [3.8, 4) is 34.2 Å². The molecule has 2 aromatic heterocycles. The van der Waals surface area contributed by atoms with Crippen LogP contribution < -0.4 is 15.8 Å². The number of nitriles is 1. The predicted octanol–water partition coefficient (Wildman–Crippen LogP) is 4.66. The molecule has 4 aromatic rings. The molecule has 0 bridgehead atoms. The minimum atomic E-state index is -0.646. The number of anilines is 1. The molecule has 0 unspecified atom stereocenters. The van der Waals surface area contributed by atoms with E-state index in [0.29, 0.717) is 45.6 Å². The van der Waals surface area contributed by atoms with Gasteiger partial charge in [-0.15, -0.1) is 0 Å². The van der Waals surface area contributed by atoms with Crippen molar-refractivity contribution < 1.29 is 13.9 Å². The zero-order valence-corrected chi connectivity index (χ0v) is 18.7. The summed E-state index contributed by atoms with van der Waals surface area (Å²) in [5, 5.41) is 13.9. The number of ether oxygens (including phenoxy) is 1. The molecule has 0 saturated carbocycles. The van der Waals surface area contributed by atoms with Crippen LogP contribution in [0.3, 0.4) is 0 Å². The van der Waals surface area contributed by atoms with Crippen LogP contribution in [-0.4, -0.2) is 29.0 Å². The molecule has 0 aliphatic carbocycles. The third-order valence-corrected chi connectivity index (χ3v) is 5.60. The topological polar surface area (TPSA) is 114 Å². The number of rotatable bonds is 7. The smallest absolute Gasteiger partial charge is 0.239 e. The second kappa shape index (κ2) is 9.55. The van der Waals surface area contributed by atoms with E-state index in [0.717, 1.165) is 11.1 Å². The maximum atomic E-state index is 13.6. The summed E-state index contributed by atoms with van der Waals surface area (Å²) in [6, 6.07) is 15.1. The van der Waals surface area contributed by atoms with Gasteiger partial charge in [0.2, 0.25) is 5.91 Å². The molecule has 34 heavy (non-hydrogen) atoms. The fraction of sp³-hybridized carbons (Fsp3) is 0.154. The minimum Gasteiger partial charge on any atom is -0.496 e. The van der Waals surface area contributed by atoms with Gasteiger partial charge in [-0.25, -0.2) is 9.37 Å². The largest absolute Gasteiger partial charge is 0.496 e. The number of nitrogens with zero attached hydrogens (tertiary/aromatic N) is 3. The number of nitrogens with two attached hydrogens (primary N) is 1. The van der Waals surface area contributed by atoms with Crippen molar-refractivity contribution in [2.24, 2.45) is 5.73 Å². The number of amides is 1. The summed E-state index contributed by atoms with van der Waals surface area (Å²) in [5.74, 6) is -0.473. The molecule has 0 spiro atoms. The number of nitrogens with one attached hydrogen (secondary N) is 1. The number of halogens is 1. The van der Waals surface area contributed by atoms with Gasteiger partial charge in [0.05, 0.1) is 30.2 Å². The van der Waals surface area contributed by atoms with Crippen LogP contribution in [0.1, 0.15) is 18.9 Å². The summed E-state index contributed by atoms with van der Waals surface area (Å²) < 4.78 is 18.9. The summed E-state index contributed by atoms with van der Waals surface area (Å²) in [4.78, 5) is 20.7. The van der Waals surface area contributed by atoms with E-state index >= 15 is 0 Å². The fourth-order valence-electron chi connectivity index (χ4n) is 3.84. The first-order chi connectivity index (χ1) is 16.5. The number of methoxy groups -OCH3 is 1. The van der Waals surface area contributed by atoms with Crippen molar-refractivity contribution in [2.75, 3.05) is 12.4 Å². The highest BCUT2D eigenvalue weighted by atomic mass is 19.1. The van der Waals surface area contributed by atoms with E-state index in [2.05, 4.69) is 21.4 Å². The Labute approximate surface area is 196 Å². The standard InChI is InChI=1S/C26H22FN5O2/c1-3-21(26(29)33)31-25-19-10-11-30-14-22(19)32-24(20(25)13-28)16-6-4-15(5-7-16)18-9-8-17(27)12-23(18)34-2/h4-12,14,21H,3H2,1-2H3,(H2,29,33)(H,31,32)/t21-/m1/s1. The highest BCUT2D eigenvalue weighted by Gasteiger charge is 2.21.